The van der Waals surface area contributed by atoms with Crippen molar-refractivity contribution in [1.29, 1.82) is 0 Å². The maximum absolute atomic E-state index is 14.0. The van der Waals surface area contributed by atoms with E-state index in [2.05, 4.69) is 20.7 Å². The number of aromatic hydroxyl groups is 1. The molecule has 1 saturated heterocycles. The third-order valence-corrected chi connectivity index (χ3v) is 4.99. The van der Waals surface area contributed by atoms with Gasteiger partial charge in [0.05, 0.1) is 6.21 Å². The minimum atomic E-state index is -0.857. The monoisotopic (exact) mass is 382 g/mol. The Hall–Kier alpha value is -3.09. The van der Waals surface area contributed by atoms with Gasteiger partial charge in [-0.15, -0.1) is 0 Å². The lowest BCUT2D eigenvalue weighted by Crippen LogP contribution is -2.17. The van der Waals surface area contributed by atoms with Gasteiger partial charge in [-0.2, -0.15) is 5.10 Å². The normalized spacial score (nSPS) is 16.5. The molecule has 6 nitrogen and oxygen atoms in total. The van der Waals surface area contributed by atoms with Crippen LogP contribution in [0.2, 0.25) is 0 Å². The SMILES string of the molecule is O=C(Nc1ccc(N2CCCC2)cc1)c1cc(F)c(O)c(/C=N/NC2CC2)c1. The summed E-state index contributed by atoms with van der Waals surface area (Å²) in [4.78, 5) is 14.8. The summed E-state index contributed by atoms with van der Waals surface area (Å²) in [6, 6.07) is 10.4. The van der Waals surface area contributed by atoms with Crippen molar-refractivity contribution in [1.82, 2.24) is 5.43 Å². The molecule has 0 unspecified atom stereocenters. The van der Waals surface area contributed by atoms with Gasteiger partial charge < -0.3 is 20.7 Å². The van der Waals surface area contributed by atoms with Crippen LogP contribution in [0.1, 0.15) is 41.6 Å². The van der Waals surface area contributed by atoms with Gasteiger partial charge in [0.2, 0.25) is 0 Å². The number of phenolic OH excluding ortho intramolecular Hbond substituents is 1. The summed E-state index contributed by atoms with van der Waals surface area (Å²) in [5.74, 6) is -1.82. The van der Waals surface area contributed by atoms with Gasteiger partial charge in [-0.3, -0.25) is 4.79 Å². The van der Waals surface area contributed by atoms with Crippen molar-refractivity contribution in [3.63, 3.8) is 0 Å². The van der Waals surface area contributed by atoms with Gasteiger partial charge in [0.15, 0.2) is 11.6 Å². The molecule has 7 heteroatoms. The van der Waals surface area contributed by atoms with Crippen molar-refractivity contribution >= 4 is 23.5 Å². The Kier molecular flexibility index (Phi) is 5.14. The molecule has 146 valence electrons. The summed E-state index contributed by atoms with van der Waals surface area (Å²) >= 11 is 0. The van der Waals surface area contributed by atoms with Gasteiger partial charge in [-0.1, -0.05) is 0 Å². The molecule has 0 bridgehead atoms. The van der Waals surface area contributed by atoms with Gasteiger partial charge in [-0.25, -0.2) is 4.39 Å². The summed E-state index contributed by atoms with van der Waals surface area (Å²) in [6.45, 7) is 2.11. The molecule has 1 amide bonds. The molecular weight excluding hydrogens is 359 g/mol. The number of nitrogens with zero attached hydrogens (tertiary/aromatic N) is 2. The molecule has 0 radical (unpaired) electrons. The average Bonchev–Trinajstić information content (AvgIpc) is 3.35. The van der Waals surface area contributed by atoms with Crippen LogP contribution in [0, 0.1) is 5.82 Å². The van der Waals surface area contributed by atoms with Crippen molar-refractivity contribution in [3.8, 4) is 5.75 Å². The lowest BCUT2D eigenvalue weighted by Gasteiger charge is -2.17. The fraction of sp³-hybridized carbons (Fsp3) is 0.333. The van der Waals surface area contributed by atoms with E-state index in [-0.39, 0.29) is 11.1 Å². The molecule has 0 aromatic heterocycles. The summed E-state index contributed by atoms with van der Waals surface area (Å²) < 4.78 is 14.0. The number of hydrogen-bond donors (Lipinski definition) is 3. The summed E-state index contributed by atoms with van der Waals surface area (Å²) in [5.41, 5.74) is 4.94. The van der Waals surface area contributed by atoms with Gasteiger partial charge in [0.1, 0.15) is 0 Å². The fourth-order valence-electron chi connectivity index (χ4n) is 3.21. The molecule has 1 heterocycles. The number of anilines is 2. The third kappa shape index (κ3) is 4.24. The van der Waals surface area contributed by atoms with Crippen molar-refractivity contribution in [2.24, 2.45) is 5.10 Å². The molecule has 2 aromatic rings. The lowest BCUT2D eigenvalue weighted by molar-refractivity contribution is 0.102. The predicted octanol–water partition coefficient (Wildman–Crippen LogP) is 3.47. The number of carbonyl (C=O) groups is 1. The molecule has 0 spiro atoms. The Morgan fingerprint density at radius 3 is 2.57 bits per heavy atom. The maximum atomic E-state index is 14.0. The van der Waals surface area contributed by atoms with Crippen molar-refractivity contribution in [2.45, 2.75) is 31.7 Å². The second-order valence-corrected chi connectivity index (χ2v) is 7.25. The van der Waals surface area contributed by atoms with E-state index in [1.807, 2.05) is 24.3 Å². The Morgan fingerprint density at radius 1 is 1.18 bits per heavy atom. The zero-order valence-electron chi connectivity index (χ0n) is 15.5. The Balaban J connectivity index is 1.46. The highest BCUT2D eigenvalue weighted by atomic mass is 19.1. The number of carbonyl (C=O) groups excluding carboxylic acids is 1. The van der Waals surface area contributed by atoms with Crippen LogP contribution < -0.4 is 15.6 Å². The fourth-order valence-corrected chi connectivity index (χ4v) is 3.21. The van der Waals surface area contributed by atoms with Crippen LogP contribution in [0.5, 0.6) is 5.75 Å². The summed E-state index contributed by atoms with van der Waals surface area (Å²) in [7, 11) is 0. The number of amides is 1. The van der Waals surface area contributed by atoms with Crippen molar-refractivity contribution < 1.29 is 14.3 Å². The van der Waals surface area contributed by atoms with E-state index < -0.39 is 17.5 Å². The molecular formula is C21H23FN4O2. The maximum Gasteiger partial charge on any atom is 0.255 e. The van der Waals surface area contributed by atoms with E-state index in [1.54, 1.807) is 0 Å². The number of halogens is 1. The molecule has 0 atom stereocenters. The van der Waals surface area contributed by atoms with Crippen LogP contribution in [0.3, 0.4) is 0 Å². The molecule has 1 saturated carbocycles. The standard InChI is InChI=1S/C21H23FN4O2/c22-19-12-14(11-15(20(19)27)13-23-25-17-3-4-17)21(28)24-16-5-7-18(8-6-16)26-9-1-2-10-26/h5-8,11-13,17,25,27H,1-4,9-10H2,(H,24,28)/b23-13+. The van der Waals surface area contributed by atoms with Crippen LogP contribution in [0.4, 0.5) is 15.8 Å². The molecule has 1 aliphatic heterocycles. The number of nitrogens with one attached hydrogen (secondary N) is 2. The van der Waals surface area contributed by atoms with E-state index in [0.717, 1.165) is 37.7 Å². The Labute approximate surface area is 163 Å². The molecule has 3 N–H and O–H groups in total. The number of hydrazone groups is 1. The minimum Gasteiger partial charge on any atom is -0.504 e. The third-order valence-electron chi connectivity index (χ3n) is 4.99. The van der Waals surface area contributed by atoms with Crippen LogP contribution in [-0.2, 0) is 0 Å². The second-order valence-electron chi connectivity index (χ2n) is 7.25. The van der Waals surface area contributed by atoms with Crippen LogP contribution in [-0.4, -0.2) is 36.4 Å². The molecule has 1 aliphatic carbocycles. The Bertz CT molecular complexity index is 888. The van der Waals surface area contributed by atoms with Gasteiger partial charge in [0.25, 0.3) is 5.91 Å². The van der Waals surface area contributed by atoms with Crippen LogP contribution in [0.15, 0.2) is 41.5 Å². The Morgan fingerprint density at radius 2 is 1.89 bits per heavy atom. The average molecular weight is 382 g/mol. The number of rotatable bonds is 6. The minimum absolute atomic E-state index is 0.117. The zero-order chi connectivity index (χ0) is 19.5. The van der Waals surface area contributed by atoms with Crippen molar-refractivity contribution in [2.75, 3.05) is 23.3 Å². The van der Waals surface area contributed by atoms with Crippen LogP contribution in [0.25, 0.3) is 0 Å². The van der Waals surface area contributed by atoms with E-state index >= 15 is 0 Å². The van der Waals surface area contributed by atoms with Gasteiger partial charge >= 0.3 is 0 Å². The van der Waals surface area contributed by atoms with Crippen LogP contribution >= 0.6 is 0 Å². The van der Waals surface area contributed by atoms with E-state index in [0.29, 0.717) is 11.7 Å². The highest BCUT2D eigenvalue weighted by Crippen LogP contribution is 2.25. The quantitative estimate of drug-likeness (QED) is 0.528. The second kappa shape index (κ2) is 7.88. The number of hydrogen-bond acceptors (Lipinski definition) is 5. The molecule has 2 aromatic carbocycles. The molecule has 2 aliphatic rings. The van der Waals surface area contributed by atoms with Crippen molar-refractivity contribution in [3.05, 3.63) is 53.3 Å². The highest BCUT2D eigenvalue weighted by molar-refractivity contribution is 6.05. The van der Waals surface area contributed by atoms with E-state index in [4.69, 9.17) is 0 Å². The lowest BCUT2D eigenvalue weighted by atomic mass is 10.1. The topological polar surface area (TPSA) is 77.0 Å². The van der Waals surface area contributed by atoms with E-state index in [9.17, 15) is 14.3 Å². The first kappa shape index (κ1) is 18.3. The summed E-state index contributed by atoms with van der Waals surface area (Å²) in [5, 5.41) is 16.6. The first-order chi connectivity index (χ1) is 13.6. The highest BCUT2D eigenvalue weighted by Gasteiger charge is 2.20. The molecule has 4 rings (SSSR count). The largest absolute Gasteiger partial charge is 0.504 e. The van der Waals surface area contributed by atoms with E-state index in [1.165, 1.54) is 25.1 Å². The number of benzene rings is 2. The number of phenols is 1. The summed E-state index contributed by atoms with van der Waals surface area (Å²) in [6.07, 6.45) is 5.84. The first-order valence-electron chi connectivity index (χ1n) is 9.57. The predicted molar refractivity (Wildman–Crippen MR) is 108 cm³/mol. The van der Waals surface area contributed by atoms with Gasteiger partial charge in [0, 0.05) is 41.6 Å². The molecule has 28 heavy (non-hydrogen) atoms. The van der Waals surface area contributed by atoms with Gasteiger partial charge in [-0.05, 0) is 62.1 Å². The first-order valence-corrected chi connectivity index (χ1v) is 9.57. The molecule has 2 fully saturated rings. The zero-order valence-corrected chi connectivity index (χ0v) is 15.5. The smallest absolute Gasteiger partial charge is 0.255 e.